The van der Waals surface area contributed by atoms with Crippen LogP contribution in [0.2, 0.25) is 0 Å². The zero-order valence-corrected chi connectivity index (χ0v) is 8.72. The maximum atomic E-state index is 11.3. The van der Waals surface area contributed by atoms with Crippen molar-refractivity contribution in [1.29, 1.82) is 0 Å². The van der Waals surface area contributed by atoms with Crippen LogP contribution < -0.4 is 5.32 Å². The van der Waals surface area contributed by atoms with Crippen molar-refractivity contribution in [3.63, 3.8) is 0 Å². The molecule has 0 aromatic carbocycles. The summed E-state index contributed by atoms with van der Waals surface area (Å²) in [7, 11) is 0. The number of carbonyl (C=O) groups excluding carboxylic acids is 1. The first-order valence-corrected chi connectivity index (χ1v) is 6.04. The first-order valence-electron chi connectivity index (χ1n) is 6.04. The summed E-state index contributed by atoms with van der Waals surface area (Å²) in [6, 6.07) is 0. The minimum Gasteiger partial charge on any atom is -0.356 e. The summed E-state index contributed by atoms with van der Waals surface area (Å²) in [6.07, 6.45) is 9.20. The smallest absolute Gasteiger partial charge is 0.220 e. The molecule has 1 saturated heterocycles. The highest BCUT2D eigenvalue weighted by Crippen LogP contribution is 2.54. The van der Waals surface area contributed by atoms with E-state index in [1.807, 2.05) is 0 Å². The van der Waals surface area contributed by atoms with E-state index in [0.717, 1.165) is 24.8 Å². The normalized spacial score (nSPS) is 46.7. The van der Waals surface area contributed by atoms with Gasteiger partial charge in [0.1, 0.15) is 0 Å². The molecule has 1 spiro atoms. The predicted octanol–water partition coefficient (Wildman–Crippen LogP) is 2.09. The van der Waals surface area contributed by atoms with E-state index in [2.05, 4.69) is 5.32 Å². The number of hydrogen-bond donors (Lipinski definition) is 1. The molecule has 1 amide bonds. The minimum absolute atomic E-state index is 0.295. The van der Waals surface area contributed by atoms with Crippen LogP contribution in [-0.2, 0) is 4.79 Å². The van der Waals surface area contributed by atoms with Crippen molar-refractivity contribution in [3.05, 3.63) is 0 Å². The highest BCUT2D eigenvalue weighted by atomic mass is 16.1. The summed E-state index contributed by atoms with van der Waals surface area (Å²) in [5.41, 5.74) is 0.386. The van der Waals surface area contributed by atoms with Gasteiger partial charge in [0.2, 0.25) is 5.91 Å². The third-order valence-electron chi connectivity index (χ3n) is 4.65. The van der Waals surface area contributed by atoms with Crippen molar-refractivity contribution in [2.24, 2.45) is 17.3 Å². The Balaban J connectivity index is 1.76. The van der Waals surface area contributed by atoms with Gasteiger partial charge in [-0.15, -0.1) is 0 Å². The topological polar surface area (TPSA) is 29.1 Å². The van der Waals surface area contributed by atoms with Gasteiger partial charge < -0.3 is 5.32 Å². The fourth-order valence-electron chi connectivity index (χ4n) is 4.06. The van der Waals surface area contributed by atoms with Crippen LogP contribution in [0.1, 0.15) is 44.9 Å². The second-order valence-electron chi connectivity index (χ2n) is 5.67. The monoisotopic (exact) mass is 193 g/mol. The molecule has 0 bridgehead atoms. The highest BCUT2D eigenvalue weighted by Gasteiger charge is 2.49. The molecular formula is C12H19NO. The Bertz CT molecular complexity index is 247. The van der Waals surface area contributed by atoms with E-state index in [4.69, 9.17) is 0 Å². The molecule has 2 heteroatoms. The Morgan fingerprint density at radius 1 is 1.14 bits per heavy atom. The summed E-state index contributed by atoms with van der Waals surface area (Å²) in [4.78, 5) is 11.3. The van der Waals surface area contributed by atoms with Crippen LogP contribution in [0.4, 0.5) is 0 Å². The molecule has 3 aliphatic rings. The first kappa shape index (κ1) is 8.75. The molecule has 2 nitrogen and oxygen atoms in total. The number of carbonyl (C=O) groups is 1. The molecule has 1 N–H and O–H groups in total. The van der Waals surface area contributed by atoms with Gasteiger partial charge in [-0.3, -0.25) is 4.79 Å². The standard InChI is InChI=1S/C12H19NO/c14-11-7-12(8-13-11)5-9-3-1-2-4-10(9)6-12/h9-10H,1-8H2,(H,13,14)/t9-,10+,12-. The molecule has 3 fully saturated rings. The van der Waals surface area contributed by atoms with Gasteiger partial charge in [-0.05, 0) is 30.1 Å². The van der Waals surface area contributed by atoms with Gasteiger partial charge in [-0.25, -0.2) is 0 Å². The zero-order chi connectivity index (χ0) is 9.60. The number of fused-ring (bicyclic) bond motifs is 1. The Morgan fingerprint density at radius 3 is 2.29 bits per heavy atom. The second kappa shape index (κ2) is 2.98. The van der Waals surface area contributed by atoms with E-state index in [-0.39, 0.29) is 0 Å². The first-order chi connectivity index (χ1) is 6.77. The Labute approximate surface area is 85.4 Å². The van der Waals surface area contributed by atoms with Gasteiger partial charge in [0.15, 0.2) is 0 Å². The Kier molecular flexibility index (Phi) is 1.86. The summed E-state index contributed by atoms with van der Waals surface area (Å²) in [6.45, 7) is 0.971. The van der Waals surface area contributed by atoms with Crippen molar-refractivity contribution in [2.75, 3.05) is 6.54 Å². The number of rotatable bonds is 0. The molecule has 14 heavy (non-hydrogen) atoms. The molecule has 0 unspecified atom stereocenters. The van der Waals surface area contributed by atoms with Gasteiger partial charge in [0, 0.05) is 13.0 Å². The largest absolute Gasteiger partial charge is 0.356 e. The summed E-state index contributed by atoms with van der Waals surface area (Å²) < 4.78 is 0. The van der Waals surface area contributed by atoms with Crippen LogP contribution in [0.5, 0.6) is 0 Å². The second-order valence-corrected chi connectivity index (χ2v) is 5.67. The van der Waals surface area contributed by atoms with Gasteiger partial charge in [-0.2, -0.15) is 0 Å². The van der Waals surface area contributed by atoms with Crippen LogP contribution in [0, 0.1) is 17.3 Å². The van der Waals surface area contributed by atoms with Crippen molar-refractivity contribution in [1.82, 2.24) is 5.32 Å². The van der Waals surface area contributed by atoms with Crippen molar-refractivity contribution < 1.29 is 4.79 Å². The molecular weight excluding hydrogens is 174 g/mol. The van der Waals surface area contributed by atoms with E-state index in [0.29, 0.717) is 11.3 Å². The van der Waals surface area contributed by atoms with E-state index >= 15 is 0 Å². The van der Waals surface area contributed by atoms with Gasteiger partial charge >= 0.3 is 0 Å². The highest BCUT2D eigenvalue weighted by molar-refractivity contribution is 5.79. The number of nitrogens with one attached hydrogen (secondary N) is 1. The third kappa shape index (κ3) is 1.27. The lowest BCUT2D eigenvalue weighted by atomic mass is 9.82. The lowest BCUT2D eigenvalue weighted by Crippen LogP contribution is -2.20. The maximum absolute atomic E-state index is 11.3. The SMILES string of the molecule is O=C1C[C@@]2(CN1)C[C@H]1CCCC[C@H]1C2. The predicted molar refractivity (Wildman–Crippen MR) is 54.7 cm³/mol. The molecule has 1 aliphatic heterocycles. The average Bonchev–Trinajstić information content (AvgIpc) is 2.69. The molecule has 0 aromatic rings. The molecule has 78 valence electrons. The molecule has 0 radical (unpaired) electrons. The molecule has 2 saturated carbocycles. The number of hydrogen-bond acceptors (Lipinski definition) is 1. The minimum atomic E-state index is 0.295. The fourth-order valence-corrected chi connectivity index (χ4v) is 4.06. The van der Waals surface area contributed by atoms with Crippen molar-refractivity contribution >= 4 is 5.91 Å². The third-order valence-corrected chi connectivity index (χ3v) is 4.65. The van der Waals surface area contributed by atoms with Crippen LogP contribution in [0.15, 0.2) is 0 Å². The van der Waals surface area contributed by atoms with Crippen LogP contribution in [0.25, 0.3) is 0 Å². The average molecular weight is 193 g/mol. The molecule has 3 atom stereocenters. The van der Waals surface area contributed by atoms with E-state index < -0.39 is 0 Å². The number of amides is 1. The van der Waals surface area contributed by atoms with Gasteiger partial charge in [0.05, 0.1) is 0 Å². The molecule has 3 rings (SSSR count). The maximum Gasteiger partial charge on any atom is 0.220 e. The van der Waals surface area contributed by atoms with Crippen molar-refractivity contribution in [3.8, 4) is 0 Å². The van der Waals surface area contributed by atoms with Crippen LogP contribution >= 0.6 is 0 Å². The Hall–Kier alpha value is -0.530. The van der Waals surface area contributed by atoms with Gasteiger partial charge in [-0.1, -0.05) is 25.7 Å². The lowest BCUT2D eigenvalue weighted by Gasteiger charge is -2.24. The quantitative estimate of drug-likeness (QED) is 0.627. The molecule has 1 heterocycles. The van der Waals surface area contributed by atoms with Crippen molar-refractivity contribution in [2.45, 2.75) is 44.9 Å². The van der Waals surface area contributed by atoms with E-state index in [1.54, 1.807) is 0 Å². The fraction of sp³-hybridized carbons (Fsp3) is 0.917. The van der Waals surface area contributed by atoms with Crippen LogP contribution in [-0.4, -0.2) is 12.5 Å². The Morgan fingerprint density at radius 2 is 1.79 bits per heavy atom. The van der Waals surface area contributed by atoms with Crippen LogP contribution in [0.3, 0.4) is 0 Å². The zero-order valence-electron chi connectivity index (χ0n) is 8.72. The van der Waals surface area contributed by atoms with E-state index in [1.165, 1.54) is 38.5 Å². The summed E-state index contributed by atoms with van der Waals surface area (Å²) in [5.74, 6) is 2.21. The summed E-state index contributed by atoms with van der Waals surface area (Å²) >= 11 is 0. The molecule has 0 aromatic heterocycles. The van der Waals surface area contributed by atoms with Gasteiger partial charge in [0.25, 0.3) is 0 Å². The molecule has 2 aliphatic carbocycles. The van der Waals surface area contributed by atoms with E-state index in [9.17, 15) is 4.79 Å². The summed E-state index contributed by atoms with van der Waals surface area (Å²) in [5, 5.41) is 3.02. The lowest BCUT2D eigenvalue weighted by molar-refractivity contribution is -0.119.